The lowest BCUT2D eigenvalue weighted by atomic mass is 10.0. The molecule has 2 rings (SSSR count). The van der Waals surface area contributed by atoms with E-state index in [9.17, 15) is 9.90 Å². The van der Waals surface area contributed by atoms with Crippen LogP contribution >= 0.6 is 0 Å². The maximum Gasteiger partial charge on any atom is 0.303 e. The summed E-state index contributed by atoms with van der Waals surface area (Å²) in [6.07, 6.45) is -0.209. The molecule has 4 nitrogen and oxygen atoms in total. The third kappa shape index (κ3) is 3.59. The third-order valence-corrected chi connectivity index (χ3v) is 2.93. The number of hydrogen-bond acceptors (Lipinski definition) is 3. The molecule has 104 valence electrons. The lowest BCUT2D eigenvalue weighted by molar-refractivity contribution is -0.161. The Labute approximate surface area is 117 Å². The smallest absolute Gasteiger partial charge is 0.303 e. The molecule has 20 heavy (non-hydrogen) atoms. The number of aliphatic carboxylic acids is 1. The van der Waals surface area contributed by atoms with Gasteiger partial charge >= 0.3 is 5.97 Å². The van der Waals surface area contributed by atoms with Crippen LogP contribution in [-0.4, -0.2) is 16.2 Å². The zero-order valence-corrected chi connectivity index (χ0v) is 10.9. The molecule has 0 aliphatic heterocycles. The van der Waals surface area contributed by atoms with Crippen LogP contribution in [0.3, 0.4) is 0 Å². The maximum atomic E-state index is 10.8. The zero-order valence-electron chi connectivity index (χ0n) is 10.9. The van der Waals surface area contributed by atoms with E-state index in [1.165, 1.54) is 0 Å². The summed E-state index contributed by atoms with van der Waals surface area (Å²) in [6, 6.07) is 17.6. The van der Waals surface area contributed by atoms with Gasteiger partial charge in [0, 0.05) is 12.0 Å². The van der Waals surface area contributed by atoms with E-state index in [-0.39, 0.29) is 12.8 Å². The van der Waals surface area contributed by atoms with Gasteiger partial charge in [0.1, 0.15) is 5.75 Å². The van der Waals surface area contributed by atoms with Gasteiger partial charge < -0.3 is 14.9 Å². The molecule has 2 aromatic rings. The first-order chi connectivity index (χ1) is 9.60. The molecule has 0 spiro atoms. The second-order valence-corrected chi connectivity index (χ2v) is 4.46. The highest BCUT2D eigenvalue weighted by atomic mass is 16.6. The third-order valence-electron chi connectivity index (χ3n) is 2.93. The Kier molecular flexibility index (Phi) is 4.38. The van der Waals surface area contributed by atoms with Crippen LogP contribution in [0.15, 0.2) is 60.7 Å². The molecule has 0 heterocycles. The fourth-order valence-corrected chi connectivity index (χ4v) is 1.91. The average molecular weight is 272 g/mol. The van der Waals surface area contributed by atoms with E-state index in [4.69, 9.17) is 9.84 Å². The average Bonchev–Trinajstić information content (AvgIpc) is 2.47. The fourth-order valence-electron chi connectivity index (χ4n) is 1.91. The van der Waals surface area contributed by atoms with Crippen LogP contribution in [-0.2, 0) is 10.6 Å². The minimum atomic E-state index is -1.65. The van der Waals surface area contributed by atoms with Crippen molar-refractivity contribution < 1.29 is 19.7 Å². The Bertz CT molecular complexity index is 553. The standard InChI is InChI=1S/C16H16O4/c17-15(18)11-12-16(19,13-7-3-1-4-8-13)20-14-9-5-2-6-10-14/h1-10,19H,11-12H2,(H,17,18). The first kappa shape index (κ1) is 14.1. The highest BCUT2D eigenvalue weighted by Crippen LogP contribution is 2.30. The SMILES string of the molecule is O=C(O)CCC(O)(Oc1ccccc1)c1ccccc1. The number of carboxylic acid groups (broad SMARTS) is 1. The predicted octanol–water partition coefficient (Wildman–Crippen LogP) is 2.78. The molecule has 0 radical (unpaired) electrons. The lowest BCUT2D eigenvalue weighted by Gasteiger charge is -2.29. The monoisotopic (exact) mass is 272 g/mol. The molecule has 0 amide bonds. The summed E-state index contributed by atoms with van der Waals surface area (Å²) in [4.78, 5) is 10.8. The van der Waals surface area contributed by atoms with Crippen LogP contribution in [0.25, 0.3) is 0 Å². The van der Waals surface area contributed by atoms with Crippen molar-refractivity contribution in [3.63, 3.8) is 0 Å². The highest BCUT2D eigenvalue weighted by Gasteiger charge is 2.32. The molecule has 0 bridgehead atoms. The van der Waals surface area contributed by atoms with Crippen LogP contribution < -0.4 is 4.74 Å². The molecule has 1 atom stereocenters. The number of aliphatic hydroxyl groups is 1. The number of carbonyl (C=O) groups is 1. The number of para-hydroxylation sites is 1. The van der Waals surface area contributed by atoms with Crippen molar-refractivity contribution in [1.82, 2.24) is 0 Å². The summed E-state index contributed by atoms with van der Waals surface area (Å²) in [6.45, 7) is 0. The number of hydrogen-bond donors (Lipinski definition) is 2. The summed E-state index contributed by atoms with van der Waals surface area (Å²) in [5.41, 5.74) is 0.533. The highest BCUT2D eigenvalue weighted by molar-refractivity contribution is 5.66. The van der Waals surface area contributed by atoms with Crippen molar-refractivity contribution in [2.45, 2.75) is 18.6 Å². The molecular formula is C16H16O4. The molecule has 2 N–H and O–H groups in total. The molecule has 0 fully saturated rings. The van der Waals surface area contributed by atoms with Gasteiger partial charge in [-0.3, -0.25) is 4.79 Å². The van der Waals surface area contributed by atoms with Gasteiger partial charge in [-0.25, -0.2) is 0 Å². The summed E-state index contributed by atoms with van der Waals surface area (Å²) in [7, 11) is 0. The van der Waals surface area contributed by atoms with Gasteiger partial charge in [0.05, 0.1) is 6.42 Å². The minimum Gasteiger partial charge on any atom is -0.481 e. The van der Waals surface area contributed by atoms with Crippen LogP contribution in [0, 0.1) is 0 Å². The zero-order chi connectivity index (χ0) is 14.4. The number of benzene rings is 2. The summed E-state index contributed by atoms with van der Waals surface area (Å²) in [5.74, 6) is -2.14. The molecule has 0 saturated carbocycles. The van der Waals surface area contributed by atoms with Crippen LogP contribution in [0.5, 0.6) is 5.75 Å². The first-order valence-corrected chi connectivity index (χ1v) is 6.34. The van der Waals surface area contributed by atoms with Crippen molar-refractivity contribution >= 4 is 5.97 Å². The minimum absolute atomic E-state index is 0.0265. The normalized spacial score (nSPS) is 13.4. The summed E-state index contributed by atoms with van der Waals surface area (Å²) < 4.78 is 5.63. The second kappa shape index (κ2) is 6.21. The van der Waals surface area contributed by atoms with Gasteiger partial charge in [0.15, 0.2) is 0 Å². The van der Waals surface area contributed by atoms with Crippen molar-refractivity contribution in [2.75, 3.05) is 0 Å². The molecule has 2 aromatic carbocycles. The molecule has 0 aliphatic carbocycles. The van der Waals surface area contributed by atoms with E-state index < -0.39 is 11.8 Å². The Morgan fingerprint density at radius 1 is 1.00 bits per heavy atom. The number of carboxylic acids is 1. The molecule has 0 saturated heterocycles. The Balaban J connectivity index is 2.26. The van der Waals surface area contributed by atoms with Crippen molar-refractivity contribution in [3.8, 4) is 5.75 Å². The van der Waals surface area contributed by atoms with Gasteiger partial charge in [-0.15, -0.1) is 0 Å². The molecule has 4 heteroatoms. The Morgan fingerprint density at radius 2 is 1.55 bits per heavy atom. The van der Waals surface area contributed by atoms with E-state index in [0.717, 1.165) is 0 Å². The van der Waals surface area contributed by atoms with Crippen LogP contribution in [0.4, 0.5) is 0 Å². The van der Waals surface area contributed by atoms with Crippen LogP contribution in [0.1, 0.15) is 18.4 Å². The van der Waals surface area contributed by atoms with E-state index in [1.54, 1.807) is 48.5 Å². The summed E-state index contributed by atoms with van der Waals surface area (Å²) in [5, 5.41) is 19.5. The van der Waals surface area contributed by atoms with Crippen LogP contribution in [0.2, 0.25) is 0 Å². The maximum absolute atomic E-state index is 10.8. The van der Waals surface area contributed by atoms with E-state index >= 15 is 0 Å². The Hall–Kier alpha value is -2.33. The molecule has 1 unspecified atom stereocenters. The largest absolute Gasteiger partial charge is 0.481 e. The lowest BCUT2D eigenvalue weighted by Crippen LogP contribution is -2.33. The first-order valence-electron chi connectivity index (χ1n) is 6.34. The summed E-state index contributed by atoms with van der Waals surface area (Å²) >= 11 is 0. The van der Waals surface area contributed by atoms with Gasteiger partial charge in [-0.1, -0.05) is 48.5 Å². The number of ether oxygens (including phenoxy) is 1. The van der Waals surface area contributed by atoms with Gasteiger partial charge in [-0.2, -0.15) is 0 Å². The van der Waals surface area contributed by atoms with E-state index in [1.807, 2.05) is 12.1 Å². The van der Waals surface area contributed by atoms with Gasteiger partial charge in [-0.05, 0) is 12.1 Å². The molecule has 0 aliphatic rings. The van der Waals surface area contributed by atoms with Gasteiger partial charge in [0.2, 0.25) is 5.79 Å². The van der Waals surface area contributed by atoms with Gasteiger partial charge in [0.25, 0.3) is 0 Å². The van der Waals surface area contributed by atoms with E-state index in [2.05, 4.69) is 0 Å². The Morgan fingerprint density at radius 3 is 2.10 bits per heavy atom. The number of rotatable bonds is 6. The topological polar surface area (TPSA) is 66.8 Å². The van der Waals surface area contributed by atoms with Crippen molar-refractivity contribution in [3.05, 3.63) is 66.2 Å². The van der Waals surface area contributed by atoms with Crippen molar-refractivity contribution in [1.29, 1.82) is 0 Å². The second-order valence-electron chi connectivity index (χ2n) is 4.46. The fraction of sp³-hybridized carbons (Fsp3) is 0.188. The quantitative estimate of drug-likeness (QED) is 0.793. The molecule has 0 aromatic heterocycles. The predicted molar refractivity (Wildman–Crippen MR) is 74.3 cm³/mol. The molecular weight excluding hydrogens is 256 g/mol. The van der Waals surface area contributed by atoms with Crippen molar-refractivity contribution in [2.24, 2.45) is 0 Å². The van der Waals surface area contributed by atoms with E-state index in [0.29, 0.717) is 11.3 Å².